The minimum absolute atomic E-state index is 0.318. The highest BCUT2D eigenvalue weighted by Crippen LogP contribution is 2.39. The lowest BCUT2D eigenvalue weighted by Gasteiger charge is -2.15. The fourth-order valence-electron chi connectivity index (χ4n) is 3.61. The standard InChI is InChI=1S/C17H21NO2/c1-20-16(19)7-3-11-2-4-12-9-13-5-6-14(17(13)18)10-15(12)8-11/h2-4,7-8,13-14,17H,5-6,9-10,18H2,1H3/t13-,14+,17+/m0/s1. The van der Waals surface area contributed by atoms with E-state index >= 15 is 0 Å². The van der Waals surface area contributed by atoms with Gasteiger partial charge in [0.25, 0.3) is 0 Å². The zero-order chi connectivity index (χ0) is 14.1. The minimum atomic E-state index is -0.318. The highest BCUT2D eigenvalue weighted by molar-refractivity contribution is 5.86. The van der Waals surface area contributed by atoms with Gasteiger partial charge in [0.05, 0.1) is 7.11 Å². The number of carbonyl (C=O) groups excluding carboxylic acids is 1. The second-order valence-electron chi connectivity index (χ2n) is 5.97. The van der Waals surface area contributed by atoms with E-state index in [0.717, 1.165) is 18.4 Å². The molecule has 1 fully saturated rings. The van der Waals surface area contributed by atoms with Gasteiger partial charge in [0.1, 0.15) is 0 Å². The van der Waals surface area contributed by atoms with Gasteiger partial charge in [-0.3, -0.25) is 0 Å². The molecule has 1 aromatic carbocycles. The number of rotatable bonds is 2. The van der Waals surface area contributed by atoms with Crippen LogP contribution in [-0.2, 0) is 22.4 Å². The summed E-state index contributed by atoms with van der Waals surface area (Å²) in [4.78, 5) is 11.2. The molecule has 3 rings (SSSR count). The molecular formula is C17H21NO2. The molecule has 0 amide bonds. The number of hydrogen-bond donors (Lipinski definition) is 1. The van der Waals surface area contributed by atoms with Crippen molar-refractivity contribution < 1.29 is 9.53 Å². The average Bonchev–Trinajstić information content (AvgIpc) is 2.71. The number of ether oxygens (including phenoxy) is 1. The Morgan fingerprint density at radius 1 is 1.25 bits per heavy atom. The Morgan fingerprint density at radius 3 is 2.65 bits per heavy atom. The van der Waals surface area contributed by atoms with Crippen LogP contribution >= 0.6 is 0 Å². The van der Waals surface area contributed by atoms with E-state index in [9.17, 15) is 4.79 Å². The minimum Gasteiger partial charge on any atom is -0.466 e. The van der Waals surface area contributed by atoms with E-state index in [1.165, 1.54) is 37.2 Å². The molecule has 2 aliphatic rings. The predicted octanol–water partition coefficient (Wildman–Crippen LogP) is 2.32. The van der Waals surface area contributed by atoms with Crippen LogP contribution in [0, 0.1) is 11.8 Å². The van der Waals surface area contributed by atoms with Crippen LogP contribution in [0.1, 0.15) is 29.5 Å². The van der Waals surface area contributed by atoms with Gasteiger partial charge in [-0.1, -0.05) is 18.2 Å². The van der Waals surface area contributed by atoms with Crippen LogP contribution in [0.4, 0.5) is 0 Å². The van der Waals surface area contributed by atoms with Crippen LogP contribution in [0.3, 0.4) is 0 Å². The molecule has 1 saturated carbocycles. The van der Waals surface area contributed by atoms with Gasteiger partial charge in [0, 0.05) is 12.1 Å². The maximum atomic E-state index is 11.2. The number of fused-ring (bicyclic) bond motifs is 3. The number of hydrogen-bond acceptors (Lipinski definition) is 3. The van der Waals surface area contributed by atoms with Gasteiger partial charge in [0.2, 0.25) is 0 Å². The van der Waals surface area contributed by atoms with Crippen LogP contribution in [0.2, 0.25) is 0 Å². The Morgan fingerprint density at radius 2 is 1.95 bits per heavy atom. The lowest BCUT2D eigenvalue weighted by Crippen LogP contribution is -2.31. The third kappa shape index (κ3) is 2.50. The summed E-state index contributed by atoms with van der Waals surface area (Å²) in [5.74, 6) is 0.958. The largest absolute Gasteiger partial charge is 0.466 e. The lowest BCUT2D eigenvalue weighted by atomic mass is 9.92. The monoisotopic (exact) mass is 271 g/mol. The van der Waals surface area contributed by atoms with E-state index in [-0.39, 0.29) is 5.97 Å². The molecule has 2 aliphatic carbocycles. The Bertz CT molecular complexity index is 550. The normalized spacial score (nSPS) is 28.2. The molecule has 3 nitrogen and oxygen atoms in total. The number of nitrogens with two attached hydrogens (primary N) is 1. The maximum Gasteiger partial charge on any atom is 0.330 e. The molecule has 3 atom stereocenters. The van der Waals surface area contributed by atoms with Crippen LogP contribution in [0.15, 0.2) is 24.3 Å². The molecule has 0 heterocycles. The van der Waals surface area contributed by atoms with Crippen molar-refractivity contribution in [2.24, 2.45) is 17.6 Å². The van der Waals surface area contributed by atoms with Crippen molar-refractivity contribution in [2.75, 3.05) is 7.11 Å². The summed E-state index contributed by atoms with van der Waals surface area (Å²) in [5, 5.41) is 0. The van der Waals surface area contributed by atoms with E-state index in [1.54, 1.807) is 0 Å². The number of benzene rings is 1. The van der Waals surface area contributed by atoms with Crippen molar-refractivity contribution in [2.45, 2.75) is 31.7 Å². The number of methoxy groups -OCH3 is 1. The fraction of sp³-hybridized carbons (Fsp3) is 0.471. The van der Waals surface area contributed by atoms with Crippen molar-refractivity contribution in [1.82, 2.24) is 0 Å². The molecule has 0 spiro atoms. The fourth-order valence-corrected chi connectivity index (χ4v) is 3.61. The third-order valence-corrected chi connectivity index (χ3v) is 4.80. The van der Waals surface area contributed by atoms with Gasteiger partial charge in [-0.2, -0.15) is 0 Å². The summed E-state index contributed by atoms with van der Waals surface area (Å²) in [6.07, 6.45) is 8.00. The zero-order valence-electron chi connectivity index (χ0n) is 11.8. The average molecular weight is 271 g/mol. The molecule has 20 heavy (non-hydrogen) atoms. The molecule has 0 aromatic heterocycles. The van der Waals surface area contributed by atoms with Gasteiger partial charge in [-0.25, -0.2) is 4.79 Å². The van der Waals surface area contributed by atoms with E-state index in [1.807, 2.05) is 6.08 Å². The first-order chi connectivity index (χ1) is 9.67. The lowest BCUT2D eigenvalue weighted by molar-refractivity contribution is -0.134. The van der Waals surface area contributed by atoms with Gasteiger partial charge in [-0.15, -0.1) is 0 Å². The Kier molecular flexibility index (Phi) is 3.62. The van der Waals surface area contributed by atoms with Crippen LogP contribution in [-0.4, -0.2) is 19.1 Å². The van der Waals surface area contributed by atoms with Gasteiger partial charge in [-0.05, 0) is 60.3 Å². The highest BCUT2D eigenvalue weighted by Gasteiger charge is 2.36. The summed E-state index contributed by atoms with van der Waals surface area (Å²) in [6, 6.07) is 6.82. The predicted molar refractivity (Wildman–Crippen MR) is 79.1 cm³/mol. The van der Waals surface area contributed by atoms with Gasteiger partial charge >= 0.3 is 5.97 Å². The van der Waals surface area contributed by atoms with E-state index < -0.39 is 0 Å². The third-order valence-electron chi connectivity index (χ3n) is 4.80. The van der Waals surface area contributed by atoms with Crippen molar-refractivity contribution in [3.05, 3.63) is 41.0 Å². The van der Waals surface area contributed by atoms with Crippen molar-refractivity contribution >= 4 is 12.0 Å². The second-order valence-corrected chi connectivity index (χ2v) is 5.97. The highest BCUT2D eigenvalue weighted by atomic mass is 16.5. The quantitative estimate of drug-likeness (QED) is 0.663. The van der Waals surface area contributed by atoms with Crippen molar-refractivity contribution in [3.63, 3.8) is 0 Å². The zero-order valence-corrected chi connectivity index (χ0v) is 11.8. The summed E-state index contributed by atoms with van der Waals surface area (Å²) in [7, 11) is 1.39. The van der Waals surface area contributed by atoms with Crippen LogP contribution in [0.5, 0.6) is 0 Å². The topological polar surface area (TPSA) is 52.3 Å². The summed E-state index contributed by atoms with van der Waals surface area (Å²) in [6.45, 7) is 0. The number of carbonyl (C=O) groups is 1. The summed E-state index contributed by atoms with van der Waals surface area (Å²) in [5.41, 5.74) is 10.2. The van der Waals surface area contributed by atoms with Crippen LogP contribution < -0.4 is 5.73 Å². The van der Waals surface area contributed by atoms with Gasteiger partial charge < -0.3 is 10.5 Å². The van der Waals surface area contributed by atoms with Gasteiger partial charge in [0.15, 0.2) is 0 Å². The number of esters is 1. The van der Waals surface area contributed by atoms with E-state index in [4.69, 9.17) is 5.73 Å². The molecular weight excluding hydrogens is 250 g/mol. The molecule has 106 valence electrons. The molecule has 2 bridgehead atoms. The molecule has 0 saturated heterocycles. The first kappa shape index (κ1) is 13.4. The first-order valence-electron chi connectivity index (χ1n) is 7.31. The maximum absolute atomic E-state index is 11.2. The Hall–Kier alpha value is -1.61. The molecule has 1 aromatic rings. The molecule has 0 aliphatic heterocycles. The SMILES string of the molecule is COC(=O)C=Cc1ccc2c(c1)C[C@H]1CC[C@@H](C2)[C@H]1N. The molecule has 0 radical (unpaired) electrons. The van der Waals surface area contributed by atoms with E-state index in [2.05, 4.69) is 22.9 Å². The summed E-state index contributed by atoms with van der Waals surface area (Å²) >= 11 is 0. The van der Waals surface area contributed by atoms with Crippen molar-refractivity contribution in [1.29, 1.82) is 0 Å². The first-order valence-corrected chi connectivity index (χ1v) is 7.31. The second kappa shape index (κ2) is 5.41. The molecule has 0 unspecified atom stereocenters. The summed E-state index contributed by atoms with van der Waals surface area (Å²) < 4.78 is 4.62. The molecule has 3 heteroatoms. The van der Waals surface area contributed by atoms with Crippen LogP contribution in [0.25, 0.3) is 6.08 Å². The van der Waals surface area contributed by atoms with Crippen molar-refractivity contribution in [3.8, 4) is 0 Å². The van der Waals surface area contributed by atoms with E-state index in [0.29, 0.717) is 17.9 Å². The smallest absolute Gasteiger partial charge is 0.330 e. The Balaban J connectivity index is 1.85. The molecule has 2 N–H and O–H groups in total. The Labute approximate surface area is 119 Å².